The average molecular weight is 853 g/mol. The Morgan fingerprint density at radius 1 is 0.470 bits per heavy atom. The first-order chi connectivity index (χ1) is 32.3. The van der Waals surface area contributed by atoms with Crippen LogP contribution in [-0.2, 0) is 11.8 Å². The van der Waals surface area contributed by atoms with E-state index in [1.165, 1.54) is 49.7 Å². The number of rotatable bonds is 7. The molecule has 0 amide bonds. The maximum absolute atomic E-state index is 6.66. The van der Waals surface area contributed by atoms with E-state index in [9.17, 15) is 0 Å². The Balaban J connectivity index is 0.000000315. The van der Waals surface area contributed by atoms with Crippen molar-refractivity contribution in [1.29, 1.82) is 0 Å². The number of allylic oxidation sites excluding steroid dienone is 1. The van der Waals surface area contributed by atoms with Crippen LogP contribution in [0.3, 0.4) is 0 Å². The molecular weight excluding hydrogens is 805 g/mol. The van der Waals surface area contributed by atoms with E-state index in [-0.39, 0.29) is 5.41 Å². The van der Waals surface area contributed by atoms with Gasteiger partial charge in [-0.15, -0.1) is 0 Å². The normalized spacial score (nSPS) is 13.2. The highest BCUT2D eigenvalue weighted by atomic mass is 16.3. The lowest BCUT2D eigenvalue weighted by Gasteiger charge is -2.22. The number of fused-ring (bicyclic) bond motifs is 9. The van der Waals surface area contributed by atoms with E-state index in [2.05, 4.69) is 154 Å². The lowest BCUT2D eigenvalue weighted by molar-refractivity contribution is 0.660. The second kappa shape index (κ2) is 16.7. The number of aryl methyl sites for hydroxylation is 1. The SMILES string of the molecule is Cc1cc(/C(=C/Cc2ccc(-c3ccc4c(c3)C(C)(C)c3ccccc3-4)cc2)N=C(N)c2ccccc2)cc(-c2ccc3oc4ccccc4c3c2)c1.c1ccc2c(c1)oc1ccccc12. The third-order valence-corrected chi connectivity index (χ3v) is 13.1. The molecule has 2 heterocycles. The van der Waals surface area contributed by atoms with Gasteiger partial charge in [0, 0.05) is 38.1 Å². The van der Waals surface area contributed by atoms with Crippen molar-refractivity contribution in [2.24, 2.45) is 10.7 Å². The summed E-state index contributed by atoms with van der Waals surface area (Å²) in [5.41, 5.74) is 25.6. The van der Waals surface area contributed by atoms with E-state index in [1.807, 2.05) is 78.9 Å². The molecule has 0 spiro atoms. The highest BCUT2D eigenvalue weighted by Gasteiger charge is 2.35. The molecule has 0 fully saturated rings. The Kier molecular flexibility index (Phi) is 10.3. The molecule has 0 atom stereocenters. The first-order valence-corrected chi connectivity index (χ1v) is 22.6. The molecule has 2 N–H and O–H groups in total. The van der Waals surface area contributed by atoms with Crippen LogP contribution < -0.4 is 5.73 Å². The van der Waals surface area contributed by atoms with Gasteiger partial charge in [-0.2, -0.15) is 0 Å². The predicted molar refractivity (Wildman–Crippen MR) is 276 cm³/mol. The number of nitrogens with zero attached hydrogens (tertiary/aromatic N) is 1. The zero-order valence-corrected chi connectivity index (χ0v) is 37.3. The standard InChI is InChI=1S/C50H40N2O.C12H8O/c1-32-27-38(36-23-26-48-43(30-36)42-14-8-10-16-47(42)53-48)29-39(28-32)46(52-49(51)35-11-5-4-6-12-35)25-19-33-17-20-34(21-18-33)37-22-24-41-40-13-7-9-15-44(40)50(2,3)45(41)31-37;1-3-7-11-9(5-1)10-6-2-4-8-12(10)13-11/h4-18,20-31H,19H2,1-3H3,(H2,51,52);1-8H/b46-25-;. The monoisotopic (exact) mass is 852 g/mol. The molecule has 0 bridgehead atoms. The van der Waals surface area contributed by atoms with Gasteiger partial charge in [-0.1, -0.05) is 178 Å². The molecule has 1 aliphatic rings. The van der Waals surface area contributed by atoms with Crippen molar-refractivity contribution in [1.82, 2.24) is 0 Å². The van der Waals surface area contributed by atoms with Crippen LogP contribution in [0.5, 0.6) is 0 Å². The first-order valence-electron chi connectivity index (χ1n) is 22.6. The summed E-state index contributed by atoms with van der Waals surface area (Å²) in [6.07, 6.45) is 2.91. The smallest absolute Gasteiger partial charge is 0.135 e. The van der Waals surface area contributed by atoms with Gasteiger partial charge in [-0.3, -0.25) is 0 Å². The maximum atomic E-state index is 6.66. The Labute approximate surface area is 385 Å². The summed E-state index contributed by atoms with van der Waals surface area (Å²) < 4.78 is 11.8. The number of nitrogens with two attached hydrogens (primary N) is 1. The molecule has 2 aromatic heterocycles. The lowest BCUT2D eigenvalue weighted by atomic mass is 9.81. The number of amidine groups is 1. The minimum atomic E-state index is -0.0266. The third kappa shape index (κ3) is 7.57. The van der Waals surface area contributed by atoms with Crippen molar-refractivity contribution in [2.45, 2.75) is 32.6 Å². The van der Waals surface area contributed by atoms with Crippen LogP contribution in [0.2, 0.25) is 0 Å². The van der Waals surface area contributed by atoms with Crippen molar-refractivity contribution in [2.75, 3.05) is 0 Å². The van der Waals surface area contributed by atoms with Crippen LogP contribution in [-0.4, -0.2) is 5.84 Å². The minimum absolute atomic E-state index is 0.0266. The van der Waals surface area contributed by atoms with Gasteiger partial charge in [-0.25, -0.2) is 4.99 Å². The van der Waals surface area contributed by atoms with Crippen LogP contribution in [0.1, 0.15) is 47.2 Å². The Morgan fingerprint density at radius 3 is 1.71 bits per heavy atom. The number of furan rings is 2. The van der Waals surface area contributed by atoms with E-state index < -0.39 is 0 Å². The lowest BCUT2D eigenvalue weighted by Crippen LogP contribution is -2.14. The molecule has 12 rings (SSSR count). The average Bonchev–Trinajstić information content (AvgIpc) is 4.00. The summed E-state index contributed by atoms with van der Waals surface area (Å²) in [6.45, 7) is 6.80. The molecule has 4 nitrogen and oxygen atoms in total. The summed E-state index contributed by atoms with van der Waals surface area (Å²) in [4.78, 5) is 5.06. The van der Waals surface area contributed by atoms with Crippen molar-refractivity contribution < 1.29 is 8.83 Å². The van der Waals surface area contributed by atoms with Gasteiger partial charge in [0.2, 0.25) is 0 Å². The zero-order chi connectivity index (χ0) is 44.8. The van der Waals surface area contributed by atoms with Crippen LogP contribution in [0, 0.1) is 6.92 Å². The summed E-state index contributed by atoms with van der Waals surface area (Å²) in [5.74, 6) is 0.489. The first kappa shape index (κ1) is 40.6. The Morgan fingerprint density at radius 2 is 1.02 bits per heavy atom. The van der Waals surface area contributed by atoms with Gasteiger partial charge in [0.1, 0.15) is 28.2 Å². The van der Waals surface area contributed by atoms with Crippen LogP contribution >= 0.6 is 0 Å². The van der Waals surface area contributed by atoms with E-state index in [0.717, 1.165) is 66.6 Å². The van der Waals surface area contributed by atoms with Crippen molar-refractivity contribution in [3.8, 4) is 33.4 Å². The van der Waals surface area contributed by atoms with Crippen LogP contribution in [0.4, 0.5) is 0 Å². The van der Waals surface area contributed by atoms with E-state index in [4.69, 9.17) is 19.6 Å². The van der Waals surface area contributed by atoms with Gasteiger partial charge < -0.3 is 14.6 Å². The molecule has 0 radical (unpaired) electrons. The van der Waals surface area contributed by atoms with Crippen molar-refractivity contribution in [3.05, 3.63) is 246 Å². The molecular formula is C62H48N2O2. The van der Waals surface area contributed by atoms with E-state index >= 15 is 0 Å². The molecule has 4 heteroatoms. The van der Waals surface area contributed by atoms with Crippen molar-refractivity contribution in [3.63, 3.8) is 0 Å². The molecule has 66 heavy (non-hydrogen) atoms. The number of hydrogen-bond donors (Lipinski definition) is 1. The van der Waals surface area contributed by atoms with Crippen LogP contribution in [0.15, 0.2) is 226 Å². The highest BCUT2D eigenvalue weighted by molar-refractivity contribution is 6.07. The molecule has 1 aliphatic carbocycles. The van der Waals surface area contributed by atoms with E-state index in [1.54, 1.807) is 0 Å². The molecule has 0 unspecified atom stereocenters. The van der Waals surface area contributed by atoms with Gasteiger partial charge >= 0.3 is 0 Å². The maximum Gasteiger partial charge on any atom is 0.135 e. The molecule has 318 valence electrons. The van der Waals surface area contributed by atoms with E-state index in [0.29, 0.717) is 12.3 Å². The van der Waals surface area contributed by atoms with Gasteiger partial charge in [-0.05, 0) is 118 Å². The Hall–Kier alpha value is -8.21. The second-order valence-electron chi connectivity index (χ2n) is 17.8. The largest absolute Gasteiger partial charge is 0.456 e. The molecule has 0 saturated heterocycles. The number of benzene rings is 9. The summed E-state index contributed by atoms with van der Waals surface area (Å²) in [5, 5.41) is 4.62. The summed E-state index contributed by atoms with van der Waals surface area (Å²) in [7, 11) is 0. The molecule has 11 aromatic rings. The second-order valence-corrected chi connectivity index (χ2v) is 17.8. The fourth-order valence-electron chi connectivity index (χ4n) is 9.64. The quantitative estimate of drug-likeness (QED) is 0.128. The van der Waals surface area contributed by atoms with Crippen LogP contribution in [0.25, 0.3) is 83.0 Å². The molecule has 9 aromatic carbocycles. The minimum Gasteiger partial charge on any atom is -0.456 e. The number of hydrogen-bond acceptors (Lipinski definition) is 3. The van der Waals surface area contributed by atoms with Gasteiger partial charge in [0.05, 0.1) is 5.70 Å². The zero-order valence-electron chi connectivity index (χ0n) is 37.3. The van der Waals surface area contributed by atoms with Crippen molar-refractivity contribution >= 4 is 55.4 Å². The third-order valence-electron chi connectivity index (χ3n) is 13.1. The van der Waals surface area contributed by atoms with Gasteiger partial charge in [0.15, 0.2) is 0 Å². The molecule has 0 saturated carbocycles. The number of aliphatic imine (C=N–C) groups is 1. The Bertz CT molecular complexity index is 3610. The number of para-hydroxylation sites is 3. The molecule has 0 aliphatic heterocycles. The fourth-order valence-corrected chi connectivity index (χ4v) is 9.64. The summed E-state index contributed by atoms with van der Waals surface area (Å²) in [6, 6.07) is 72.1. The topological polar surface area (TPSA) is 64.7 Å². The van der Waals surface area contributed by atoms with Gasteiger partial charge in [0.25, 0.3) is 0 Å². The summed E-state index contributed by atoms with van der Waals surface area (Å²) >= 11 is 0. The highest BCUT2D eigenvalue weighted by Crippen LogP contribution is 2.49. The fraction of sp³-hybridized carbons (Fsp3) is 0.0806. The predicted octanol–water partition coefficient (Wildman–Crippen LogP) is 16.1.